The molecular weight excluding hydrogens is 168 g/mol. The van der Waals surface area contributed by atoms with Gasteiger partial charge in [-0.2, -0.15) is 0 Å². The van der Waals surface area contributed by atoms with Crippen molar-refractivity contribution >= 4 is 6.16 Å². The van der Waals surface area contributed by atoms with E-state index in [1.54, 1.807) is 0 Å². The molecule has 0 aromatic carbocycles. The molecule has 13 heavy (non-hydrogen) atoms. The molecule has 0 fully saturated rings. The van der Waals surface area contributed by atoms with Gasteiger partial charge in [0.25, 0.3) is 0 Å². The second-order valence-corrected chi connectivity index (χ2v) is 2.70. The van der Waals surface area contributed by atoms with Crippen LogP contribution in [0.2, 0.25) is 0 Å². The van der Waals surface area contributed by atoms with Crippen molar-refractivity contribution in [3.63, 3.8) is 0 Å². The minimum Gasteiger partial charge on any atom is -0.450 e. The number of carboxylic acid groups (broad SMARTS) is 2. The van der Waals surface area contributed by atoms with Gasteiger partial charge in [0, 0.05) is 5.92 Å². The van der Waals surface area contributed by atoms with Gasteiger partial charge in [-0.3, -0.25) is 0 Å². The predicted molar refractivity (Wildman–Crippen MR) is 52.8 cm³/mol. The molecule has 0 aromatic heterocycles. The molecule has 0 rings (SSSR count). The monoisotopic (exact) mass is 186 g/mol. The van der Waals surface area contributed by atoms with Gasteiger partial charge in [-0.1, -0.05) is 26.7 Å². The summed E-state index contributed by atoms with van der Waals surface area (Å²) in [4.78, 5) is 8.56. The second-order valence-electron chi connectivity index (χ2n) is 2.70. The lowest BCUT2D eigenvalue weighted by Crippen LogP contribution is -1.93. The maximum Gasteiger partial charge on any atom is 0.503 e. The van der Waals surface area contributed by atoms with E-state index >= 15 is 0 Å². The van der Waals surface area contributed by atoms with Gasteiger partial charge >= 0.3 is 6.16 Å². The molecule has 0 aromatic rings. The normalized spacial score (nSPS) is 10.5. The van der Waals surface area contributed by atoms with E-state index < -0.39 is 6.16 Å². The van der Waals surface area contributed by atoms with Crippen LogP contribution < -0.4 is 0 Å². The molecule has 3 heteroatoms. The van der Waals surface area contributed by atoms with E-state index in [0.29, 0.717) is 5.92 Å². The van der Waals surface area contributed by atoms with Gasteiger partial charge < -0.3 is 10.2 Å². The number of unbranched alkanes of at least 4 members (excludes halogenated alkanes) is 1. The average molecular weight is 186 g/mol. The Morgan fingerprint density at radius 1 is 1.46 bits per heavy atom. The quantitative estimate of drug-likeness (QED) is 0.663. The highest BCUT2D eigenvalue weighted by Crippen LogP contribution is 2.09. The summed E-state index contributed by atoms with van der Waals surface area (Å²) < 4.78 is 0. The van der Waals surface area contributed by atoms with E-state index in [-0.39, 0.29) is 0 Å². The fraction of sp³-hybridized carbons (Fsp3) is 0.700. The maximum atomic E-state index is 8.56. The number of rotatable bonds is 4. The maximum absolute atomic E-state index is 8.56. The van der Waals surface area contributed by atoms with E-state index in [0.717, 1.165) is 6.42 Å². The van der Waals surface area contributed by atoms with Crippen LogP contribution in [-0.2, 0) is 0 Å². The number of terminal acetylenes is 1. The van der Waals surface area contributed by atoms with Gasteiger partial charge in [-0.15, -0.1) is 12.3 Å². The standard InChI is InChI=1S/C9H16.CH2O3/c1-4-7-8-9(5-2)6-3;2-1(3)4/h2,9H,4,6-8H2,1,3H3;(H2,2,3,4). The van der Waals surface area contributed by atoms with Crippen molar-refractivity contribution in [2.75, 3.05) is 0 Å². The van der Waals surface area contributed by atoms with Crippen LogP contribution >= 0.6 is 0 Å². The molecule has 0 radical (unpaired) electrons. The van der Waals surface area contributed by atoms with Crippen molar-refractivity contribution in [3.05, 3.63) is 0 Å². The molecule has 1 atom stereocenters. The van der Waals surface area contributed by atoms with E-state index in [9.17, 15) is 0 Å². The molecule has 0 saturated heterocycles. The minimum absolute atomic E-state index is 0.532. The van der Waals surface area contributed by atoms with Crippen LogP contribution in [0, 0.1) is 18.3 Å². The van der Waals surface area contributed by atoms with Gasteiger partial charge in [0.05, 0.1) is 0 Å². The lowest BCUT2D eigenvalue weighted by molar-refractivity contribution is 0.137. The van der Waals surface area contributed by atoms with Crippen LogP contribution in [0.15, 0.2) is 0 Å². The zero-order valence-electron chi connectivity index (χ0n) is 8.29. The molecule has 76 valence electrons. The van der Waals surface area contributed by atoms with Gasteiger partial charge in [0.2, 0.25) is 0 Å². The molecule has 3 nitrogen and oxygen atoms in total. The van der Waals surface area contributed by atoms with Gasteiger partial charge in [0.15, 0.2) is 0 Å². The van der Waals surface area contributed by atoms with Gasteiger partial charge in [0.1, 0.15) is 0 Å². The zero-order chi connectivity index (χ0) is 10.7. The Kier molecular flexibility index (Phi) is 12.0. The van der Waals surface area contributed by atoms with Crippen LogP contribution in [0.25, 0.3) is 0 Å². The molecule has 0 aliphatic heterocycles. The third-order valence-electron chi connectivity index (χ3n) is 1.63. The minimum atomic E-state index is -1.83. The Hall–Kier alpha value is -1.17. The third kappa shape index (κ3) is 18.1. The van der Waals surface area contributed by atoms with Crippen molar-refractivity contribution in [1.29, 1.82) is 0 Å². The van der Waals surface area contributed by atoms with Crippen LogP contribution in [0.3, 0.4) is 0 Å². The lowest BCUT2D eigenvalue weighted by Gasteiger charge is -2.03. The zero-order valence-corrected chi connectivity index (χ0v) is 8.29. The molecule has 0 bridgehead atoms. The molecule has 2 N–H and O–H groups in total. The van der Waals surface area contributed by atoms with E-state index in [1.165, 1.54) is 19.3 Å². The van der Waals surface area contributed by atoms with E-state index in [4.69, 9.17) is 21.4 Å². The molecule has 0 aliphatic rings. The topological polar surface area (TPSA) is 57.5 Å². The fourth-order valence-corrected chi connectivity index (χ4v) is 0.856. The van der Waals surface area contributed by atoms with Crippen LogP contribution in [0.1, 0.15) is 39.5 Å². The van der Waals surface area contributed by atoms with Gasteiger partial charge in [-0.05, 0) is 12.8 Å². The first-order chi connectivity index (χ1) is 6.08. The Morgan fingerprint density at radius 2 is 1.92 bits per heavy atom. The molecular formula is C10H18O3. The van der Waals surface area contributed by atoms with Crippen molar-refractivity contribution in [1.82, 2.24) is 0 Å². The molecule has 1 unspecified atom stereocenters. The molecule has 0 amide bonds. The summed E-state index contributed by atoms with van der Waals surface area (Å²) in [6, 6.07) is 0. The highest BCUT2D eigenvalue weighted by molar-refractivity contribution is 5.53. The SMILES string of the molecule is C#CC(CC)CCCC.O=C(O)O. The summed E-state index contributed by atoms with van der Waals surface area (Å²) in [6.07, 6.45) is 8.33. The van der Waals surface area contributed by atoms with Crippen LogP contribution in [0.4, 0.5) is 4.79 Å². The third-order valence-corrected chi connectivity index (χ3v) is 1.63. The Labute approximate surface area is 79.8 Å². The first-order valence-electron chi connectivity index (χ1n) is 4.46. The number of hydrogen-bond acceptors (Lipinski definition) is 1. The Balaban J connectivity index is 0. The molecule has 0 spiro atoms. The first-order valence-corrected chi connectivity index (χ1v) is 4.46. The lowest BCUT2D eigenvalue weighted by atomic mass is 10.0. The number of carbonyl (C=O) groups is 1. The summed E-state index contributed by atoms with van der Waals surface area (Å²) in [5, 5.41) is 13.9. The average Bonchev–Trinajstić information content (AvgIpc) is 2.06. The number of hydrogen-bond donors (Lipinski definition) is 2. The first kappa shape index (κ1) is 14.4. The van der Waals surface area contributed by atoms with Crippen molar-refractivity contribution in [2.45, 2.75) is 39.5 Å². The Morgan fingerprint density at radius 3 is 2.15 bits per heavy atom. The van der Waals surface area contributed by atoms with Crippen LogP contribution in [-0.4, -0.2) is 16.4 Å². The van der Waals surface area contributed by atoms with Gasteiger partial charge in [-0.25, -0.2) is 4.79 Å². The molecule has 0 aliphatic carbocycles. The molecule has 0 saturated carbocycles. The van der Waals surface area contributed by atoms with Crippen molar-refractivity contribution < 1.29 is 15.0 Å². The fourth-order valence-electron chi connectivity index (χ4n) is 0.856. The largest absolute Gasteiger partial charge is 0.503 e. The summed E-state index contributed by atoms with van der Waals surface area (Å²) in [6.45, 7) is 4.35. The van der Waals surface area contributed by atoms with E-state index in [1.807, 2.05) is 0 Å². The summed E-state index contributed by atoms with van der Waals surface area (Å²) in [5.41, 5.74) is 0. The summed E-state index contributed by atoms with van der Waals surface area (Å²) in [7, 11) is 0. The smallest absolute Gasteiger partial charge is 0.450 e. The highest BCUT2D eigenvalue weighted by Gasteiger charge is 1.98. The predicted octanol–water partition coefficient (Wildman–Crippen LogP) is 3.06. The summed E-state index contributed by atoms with van der Waals surface area (Å²) in [5.74, 6) is 3.32. The van der Waals surface area contributed by atoms with Crippen molar-refractivity contribution in [3.8, 4) is 12.3 Å². The Bertz CT molecular complexity index is 154. The van der Waals surface area contributed by atoms with Crippen molar-refractivity contribution in [2.24, 2.45) is 5.92 Å². The second kappa shape index (κ2) is 10.8. The summed E-state index contributed by atoms with van der Waals surface area (Å²) >= 11 is 0. The van der Waals surface area contributed by atoms with Crippen LogP contribution in [0.5, 0.6) is 0 Å². The van der Waals surface area contributed by atoms with E-state index in [2.05, 4.69) is 19.8 Å². The highest BCUT2D eigenvalue weighted by atomic mass is 16.6. The molecule has 0 heterocycles.